The SMILES string of the molecule is COc1cc(C(=O)NC(C)c2ccccc2)cc(OC)c1OC. The molecule has 2 rings (SSSR count). The van der Waals surface area contributed by atoms with Crippen molar-refractivity contribution in [3.8, 4) is 17.2 Å². The molecule has 1 amide bonds. The summed E-state index contributed by atoms with van der Waals surface area (Å²) in [5.41, 5.74) is 1.48. The molecule has 5 heteroatoms. The molecule has 0 aliphatic rings. The van der Waals surface area contributed by atoms with Crippen molar-refractivity contribution in [3.05, 3.63) is 53.6 Å². The lowest BCUT2D eigenvalue weighted by molar-refractivity contribution is 0.0939. The van der Waals surface area contributed by atoms with Crippen LogP contribution >= 0.6 is 0 Å². The zero-order valence-electron chi connectivity index (χ0n) is 13.8. The summed E-state index contributed by atoms with van der Waals surface area (Å²) in [6.45, 7) is 1.94. The van der Waals surface area contributed by atoms with Gasteiger partial charge in [0.1, 0.15) is 0 Å². The quantitative estimate of drug-likeness (QED) is 0.889. The lowest BCUT2D eigenvalue weighted by atomic mass is 10.1. The first kappa shape index (κ1) is 16.7. The van der Waals surface area contributed by atoms with E-state index in [4.69, 9.17) is 14.2 Å². The molecular formula is C18H21NO4. The van der Waals surface area contributed by atoms with Gasteiger partial charge in [0, 0.05) is 5.56 Å². The normalized spacial score (nSPS) is 11.5. The van der Waals surface area contributed by atoms with Crippen LogP contribution in [0.5, 0.6) is 17.2 Å². The van der Waals surface area contributed by atoms with Crippen molar-refractivity contribution in [1.82, 2.24) is 5.32 Å². The third-order valence-corrected chi connectivity index (χ3v) is 3.57. The van der Waals surface area contributed by atoms with Crippen molar-refractivity contribution in [3.63, 3.8) is 0 Å². The van der Waals surface area contributed by atoms with Crippen LogP contribution in [0.1, 0.15) is 28.9 Å². The molecule has 0 bridgehead atoms. The Hall–Kier alpha value is -2.69. The fourth-order valence-corrected chi connectivity index (χ4v) is 2.32. The van der Waals surface area contributed by atoms with Crippen LogP contribution in [0.25, 0.3) is 0 Å². The Labute approximate surface area is 136 Å². The van der Waals surface area contributed by atoms with Crippen molar-refractivity contribution in [2.24, 2.45) is 0 Å². The molecule has 0 aromatic heterocycles. The van der Waals surface area contributed by atoms with Crippen LogP contribution in [0.2, 0.25) is 0 Å². The molecule has 1 atom stereocenters. The molecule has 23 heavy (non-hydrogen) atoms. The Morgan fingerprint density at radius 2 is 1.52 bits per heavy atom. The Kier molecular flexibility index (Phi) is 5.46. The molecule has 0 radical (unpaired) electrons. The zero-order chi connectivity index (χ0) is 16.8. The molecule has 2 aromatic carbocycles. The average molecular weight is 315 g/mol. The number of ether oxygens (including phenoxy) is 3. The lowest BCUT2D eigenvalue weighted by Gasteiger charge is -2.17. The minimum absolute atomic E-state index is 0.109. The first-order valence-corrected chi connectivity index (χ1v) is 7.26. The highest BCUT2D eigenvalue weighted by Gasteiger charge is 2.18. The monoisotopic (exact) mass is 315 g/mol. The maximum Gasteiger partial charge on any atom is 0.252 e. The summed E-state index contributed by atoms with van der Waals surface area (Å²) in [5, 5.41) is 2.96. The van der Waals surface area contributed by atoms with Crippen molar-refractivity contribution >= 4 is 5.91 Å². The number of hydrogen-bond donors (Lipinski definition) is 1. The van der Waals surface area contributed by atoms with E-state index in [-0.39, 0.29) is 11.9 Å². The molecule has 1 N–H and O–H groups in total. The Morgan fingerprint density at radius 1 is 0.957 bits per heavy atom. The maximum atomic E-state index is 12.5. The standard InChI is InChI=1S/C18H21NO4/c1-12(13-8-6-5-7-9-13)19-18(20)14-10-15(21-2)17(23-4)16(11-14)22-3/h5-12H,1-4H3,(H,19,20). The fourth-order valence-electron chi connectivity index (χ4n) is 2.32. The highest BCUT2D eigenvalue weighted by atomic mass is 16.5. The van der Waals surface area contributed by atoms with Crippen LogP contribution < -0.4 is 19.5 Å². The number of rotatable bonds is 6. The molecule has 0 spiro atoms. The minimum atomic E-state index is -0.208. The van der Waals surface area contributed by atoms with Gasteiger partial charge < -0.3 is 19.5 Å². The van der Waals surface area contributed by atoms with E-state index in [0.29, 0.717) is 22.8 Å². The van der Waals surface area contributed by atoms with Gasteiger partial charge in [0.05, 0.1) is 27.4 Å². The second-order valence-corrected chi connectivity index (χ2v) is 5.02. The van der Waals surface area contributed by atoms with Crippen LogP contribution in [0.3, 0.4) is 0 Å². The number of carbonyl (C=O) groups excluding carboxylic acids is 1. The van der Waals surface area contributed by atoms with Crippen LogP contribution in [0.15, 0.2) is 42.5 Å². The number of amides is 1. The molecule has 0 heterocycles. The predicted octanol–water partition coefficient (Wildman–Crippen LogP) is 3.20. The second-order valence-electron chi connectivity index (χ2n) is 5.02. The summed E-state index contributed by atoms with van der Waals surface area (Å²) in [5.74, 6) is 1.15. The van der Waals surface area contributed by atoms with E-state index in [1.165, 1.54) is 21.3 Å². The number of carbonyl (C=O) groups is 1. The Bertz CT molecular complexity index is 645. The number of benzene rings is 2. The second kappa shape index (κ2) is 7.54. The molecule has 1 unspecified atom stereocenters. The summed E-state index contributed by atoms with van der Waals surface area (Å²) in [6, 6.07) is 12.9. The van der Waals surface area contributed by atoms with E-state index in [9.17, 15) is 4.79 Å². The summed E-state index contributed by atoms with van der Waals surface area (Å²) in [4.78, 5) is 12.5. The van der Waals surface area contributed by atoms with Gasteiger partial charge in [-0.2, -0.15) is 0 Å². The van der Waals surface area contributed by atoms with Gasteiger partial charge in [-0.15, -0.1) is 0 Å². The largest absolute Gasteiger partial charge is 0.493 e. The van der Waals surface area contributed by atoms with E-state index in [1.807, 2.05) is 37.3 Å². The molecule has 0 saturated carbocycles. The zero-order valence-corrected chi connectivity index (χ0v) is 13.8. The first-order valence-electron chi connectivity index (χ1n) is 7.26. The summed E-state index contributed by atoms with van der Waals surface area (Å²) < 4.78 is 15.8. The van der Waals surface area contributed by atoms with Gasteiger partial charge in [-0.25, -0.2) is 0 Å². The fraction of sp³-hybridized carbons (Fsp3) is 0.278. The summed E-state index contributed by atoms with van der Waals surface area (Å²) >= 11 is 0. The van der Waals surface area contributed by atoms with Gasteiger partial charge in [0.2, 0.25) is 5.75 Å². The van der Waals surface area contributed by atoms with E-state index in [2.05, 4.69) is 5.32 Å². The average Bonchev–Trinajstić information content (AvgIpc) is 2.60. The molecule has 2 aromatic rings. The van der Waals surface area contributed by atoms with E-state index < -0.39 is 0 Å². The smallest absolute Gasteiger partial charge is 0.252 e. The first-order chi connectivity index (χ1) is 11.1. The highest BCUT2D eigenvalue weighted by Crippen LogP contribution is 2.38. The Morgan fingerprint density at radius 3 is 2.00 bits per heavy atom. The minimum Gasteiger partial charge on any atom is -0.493 e. The van der Waals surface area contributed by atoms with Gasteiger partial charge in [-0.05, 0) is 24.6 Å². The predicted molar refractivity (Wildman–Crippen MR) is 88.4 cm³/mol. The van der Waals surface area contributed by atoms with Crippen molar-refractivity contribution in [2.75, 3.05) is 21.3 Å². The number of nitrogens with one attached hydrogen (secondary N) is 1. The third-order valence-electron chi connectivity index (χ3n) is 3.57. The molecule has 0 aliphatic carbocycles. The van der Waals surface area contributed by atoms with Crippen LogP contribution in [-0.4, -0.2) is 27.2 Å². The molecule has 122 valence electrons. The van der Waals surface area contributed by atoms with Crippen molar-refractivity contribution in [2.45, 2.75) is 13.0 Å². The molecule has 0 aliphatic heterocycles. The van der Waals surface area contributed by atoms with Gasteiger partial charge in [0.15, 0.2) is 11.5 Å². The van der Waals surface area contributed by atoms with E-state index >= 15 is 0 Å². The van der Waals surface area contributed by atoms with Crippen molar-refractivity contribution in [1.29, 1.82) is 0 Å². The van der Waals surface area contributed by atoms with Gasteiger partial charge in [-0.1, -0.05) is 30.3 Å². The van der Waals surface area contributed by atoms with Crippen molar-refractivity contribution < 1.29 is 19.0 Å². The van der Waals surface area contributed by atoms with Crippen LogP contribution in [-0.2, 0) is 0 Å². The van der Waals surface area contributed by atoms with Gasteiger partial charge in [0.25, 0.3) is 5.91 Å². The highest BCUT2D eigenvalue weighted by molar-refractivity contribution is 5.95. The summed E-state index contributed by atoms with van der Waals surface area (Å²) in [7, 11) is 4.56. The topological polar surface area (TPSA) is 56.8 Å². The molecule has 0 saturated heterocycles. The van der Waals surface area contributed by atoms with Crippen LogP contribution in [0, 0.1) is 0 Å². The molecule has 5 nitrogen and oxygen atoms in total. The summed E-state index contributed by atoms with van der Waals surface area (Å²) in [6.07, 6.45) is 0. The van der Waals surface area contributed by atoms with E-state index in [0.717, 1.165) is 5.56 Å². The van der Waals surface area contributed by atoms with Crippen LogP contribution in [0.4, 0.5) is 0 Å². The van der Waals surface area contributed by atoms with Gasteiger partial charge >= 0.3 is 0 Å². The maximum absolute atomic E-state index is 12.5. The van der Waals surface area contributed by atoms with Gasteiger partial charge in [-0.3, -0.25) is 4.79 Å². The third kappa shape index (κ3) is 3.74. The Balaban J connectivity index is 2.25. The molecule has 0 fully saturated rings. The lowest BCUT2D eigenvalue weighted by Crippen LogP contribution is -2.26. The van der Waals surface area contributed by atoms with E-state index in [1.54, 1.807) is 12.1 Å². The molecular weight excluding hydrogens is 294 g/mol. The number of methoxy groups -OCH3 is 3. The number of hydrogen-bond acceptors (Lipinski definition) is 4.